The zero-order chi connectivity index (χ0) is 21.6. The first-order chi connectivity index (χ1) is 15.0. The molecule has 0 spiro atoms. The summed E-state index contributed by atoms with van der Waals surface area (Å²) < 4.78 is 5.88. The van der Waals surface area contributed by atoms with Crippen LogP contribution in [0.3, 0.4) is 0 Å². The number of aromatic nitrogens is 1. The molecule has 5 nitrogen and oxygen atoms in total. The van der Waals surface area contributed by atoms with Gasteiger partial charge in [0, 0.05) is 27.7 Å². The van der Waals surface area contributed by atoms with Crippen LogP contribution < -0.4 is 9.64 Å². The molecule has 0 aliphatic carbocycles. The maximum Gasteiger partial charge on any atom is 0.268 e. The van der Waals surface area contributed by atoms with Gasteiger partial charge in [-0.3, -0.25) is 4.79 Å². The molecule has 0 radical (unpaired) electrons. The zero-order valence-corrected chi connectivity index (χ0v) is 17.6. The first-order valence-electron chi connectivity index (χ1n) is 10.4. The number of amides is 1. The number of H-pyrrole nitrogens is 1. The highest BCUT2D eigenvalue weighted by Gasteiger charge is 2.52. The van der Waals surface area contributed by atoms with Gasteiger partial charge in [0.25, 0.3) is 5.91 Å². The smallest absolute Gasteiger partial charge is 0.268 e. The fourth-order valence-electron chi connectivity index (χ4n) is 4.60. The number of aryl methyl sites for hydroxylation is 2. The Hall–Kier alpha value is -3.57. The second kappa shape index (κ2) is 7.29. The fraction of sp³-hybridized carbons (Fsp3) is 0.192. The molecular formula is C26H24N2O3. The number of ether oxygens (including phenoxy) is 1. The predicted octanol–water partition coefficient (Wildman–Crippen LogP) is 4.45. The van der Waals surface area contributed by atoms with Gasteiger partial charge in [0.05, 0.1) is 12.2 Å². The molecule has 1 atom stereocenters. The molecule has 1 aromatic heterocycles. The average Bonchev–Trinajstić information content (AvgIpc) is 3.21. The monoisotopic (exact) mass is 412 g/mol. The number of anilines is 1. The summed E-state index contributed by atoms with van der Waals surface area (Å²) in [6.07, 6.45) is 0. The minimum Gasteiger partial charge on any atom is -0.492 e. The van der Waals surface area contributed by atoms with Gasteiger partial charge < -0.3 is 19.7 Å². The molecule has 1 aliphatic heterocycles. The first kappa shape index (κ1) is 19.4. The second-order valence-corrected chi connectivity index (χ2v) is 8.02. The standard InChI is InChI=1S/C26H24N2O3/c1-17-8-7-9-19(16-17)31-15-14-28-23-13-6-4-11-21(23)26(30,25(28)29)24-18(2)27-22-12-5-3-10-20(22)24/h3-13,16,27,30H,14-15H2,1-2H3/t26-/m0/s1. The van der Waals surface area contributed by atoms with Gasteiger partial charge in [0.2, 0.25) is 0 Å². The highest BCUT2D eigenvalue weighted by Crippen LogP contribution is 2.47. The number of benzene rings is 3. The Morgan fingerprint density at radius 1 is 1.00 bits per heavy atom. The lowest BCUT2D eigenvalue weighted by Crippen LogP contribution is -2.43. The third kappa shape index (κ3) is 3.01. The van der Waals surface area contributed by atoms with Crippen molar-refractivity contribution in [3.63, 3.8) is 0 Å². The summed E-state index contributed by atoms with van der Waals surface area (Å²) in [6, 6.07) is 23.0. The first-order valence-corrected chi connectivity index (χ1v) is 10.4. The third-order valence-electron chi connectivity index (χ3n) is 5.97. The van der Waals surface area contributed by atoms with Crippen molar-refractivity contribution in [3.05, 3.63) is 95.2 Å². The molecule has 5 rings (SSSR count). The Morgan fingerprint density at radius 2 is 1.77 bits per heavy atom. The van der Waals surface area contributed by atoms with Crippen LogP contribution in [0.5, 0.6) is 5.75 Å². The van der Waals surface area contributed by atoms with E-state index >= 15 is 0 Å². The van der Waals surface area contributed by atoms with Gasteiger partial charge in [-0.25, -0.2) is 0 Å². The molecule has 2 heterocycles. The van der Waals surface area contributed by atoms with Gasteiger partial charge in [0.15, 0.2) is 5.60 Å². The van der Waals surface area contributed by atoms with Crippen LogP contribution in [-0.2, 0) is 10.4 Å². The van der Waals surface area contributed by atoms with E-state index in [4.69, 9.17) is 4.74 Å². The van der Waals surface area contributed by atoms with Gasteiger partial charge in [-0.05, 0) is 43.7 Å². The number of nitrogens with zero attached hydrogens (tertiary/aromatic N) is 1. The molecule has 2 N–H and O–H groups in total. The maximum atomic E-state index is 13.7. The Bertz CT molecular complexity index is 1290. The fourth-order valence-corrected chi connectivity index (χ4v) is 4.60. The van der Waals surface area contributed by atoms with E-state index in [1.165, 1.54) is 0 Å². The van der Waals surface area contributed by atoms with Crippen LogP contribution >= 0.6 is 0 Å². The van der Waals surface area contributed by atoms with E-state index in [9.17, 15) is 9.90 Å². The summed E-state index contributed by atoms with van der Waals surface area (Å²) in [5, 5.41) is 12.8. The molecular weight excluding hydrogens is 388 g/mol. The summed E-state index contributed by atoms with van der Waals surface area (Å²) in [5.74, 6) is 0.414. The molecule has 31 heavy (non-hydrogen) atoms. The highest BCUT2D eigenvalue weighted by atomic mass is 16.5. The van der Waals surface area contributed by atoms with Gasteiger partial charge in [-0.2, -0.15) is 0 Å². The molecule has 156 valence electrons. The molecule has 0 fully saturated rings. The molecule has 0 bridgehead atoms. The normalized spacial score (nSPS) is 17.9. The average molecular weight is 412 g/mol. The Balaban J connectivity index is 1.51. The Morgan fingerprint density at radius 3 is 2.61 bits per heavy atom. The molecule has 3 aromatic carbocycles. The van der Waals surface area contributed by atoms with Crippen LogP contribution in [0.1, 0.15) is 22.4 Å². The second-order valence-electron chi connectivity index (χ2n) is 8.02. The number of para-hydroxylation sites is 2. The van der Waals surface area contributed by atoms with E-state index in [-0.39, 0.29) is 5.91 Å². The lowest BCUT2D eigenvalue weighted by molar-refractivity contribution is -0.132. The van der Waals surface area contributed by atoms with E-state index < -0.39 is 5.60 Å². The minimum atomic E-state index is -1.75. The van der Waals surface area contributed by atoms with Gasteiger partial charge in [-0.15, -0.1) is 0 Å². The Kier molecular flexibility index (Phi) is 4.56. The number of hydrogen-bond acceptors (Lipinski definition) is 3. The molecule has 0 saturated carbocycles. The van der Waals surface area contributed by atoms with Crippen LogP contribution in [0.2, 0.25) is 0 Å². The topological polar surface area (TPSA) is 65.6 Å². The molecule has 5 heteroatoms. The van der Waals surface area contributed by atoms with Gasteiger partial charge in [0.1, 0.15) is 12.4 Å². The lowest BCUT2D eigenvalue weighted by atomic mass is 9.85. The Labute approximate surface area is 180 Å². The number of rotatable bonds is 5. The van der Waals surface area contributed by atoms with Crippen LogP contribution in [0, 0.1) is 13.8 Å². The SMILES string of the molecule is Cc1cccc(OCCN2C(=O)[C@@](O)(c3c(C)[nH]c4ccccc34)c3ccccc32)c1. The summed E-state index contributed by atoms with van der Waals surface area (Å²) in [7, 11) is 0. The van der Waals surface area contributed by atoms with E-state index in [0.717, 1.165) is 27.9 Å². The number of fused-ring (bicyclic) bond motifs is 2. The van der Waals surface area contributed by atoms with Crippen molar-refractivity contribution in [2.24, 2.45) is 0 Å². The molecule has 0 saturated heterocycles. The summed E-state index contributed by atoms with van der Waals surface area (Å²) in [4.78, 5) is 18.6. The van der Waals surface area contributed by atoms with Crippen molar-refractivity contribution in [2.75, 3.05) is 18.1 Å². The number of aromatic amines is 1. The van der Waals surface area contributed by atoms with Crippen molar-refractivity contribution < 1.29 is 14.6 Å². The minimum absolute atomic E-state index is 0.326. The number of carbonyl (C=O) groups excluding carboxylic acids is 1. The number of nitrogens with one attached hydrogen (secondary N) is 1. The molecule has 4 aromatic rings. The summed E-state index contributed by atoms with van der Waals surface area (Å²) >= 11 is 0. The van der Waals surface area contributed by atoms with E-state index in [2.05, 4.69) is 4.98 Å². The van der Waals surface area contributed by atoms with E-state index in [1.807, 2.05) is 86.6 Å². The molecule has 0 unspecified atom stereocenters. The van der Waals surface area contributed by atoms with Gasteiger partial charge >= 0.3 is 0 Å². The van der Waals surface area contributed by atoms with Crippen molar-refractivity contribution >= 4 is 22.5 Å². The van der Waals surface area contributed by atoms with E-state index in [1.54, 1.807) is 4.90 Å². The van der Waals surface area contributed by atoms with Crippen molar-refractivity contribution in [2.45, 2.75) is 19.4 Å². The predicted molar refractivity (Wildman–Crippen MR) is 122 cm³/mol. The van der Waals surface area contributed by atoms with Crippen LogP contribution in [0.15, 0.2) is 72.8 Å². The highest BCUT2D eigenvalue weighted by molar-refractivity contribution is 6.11. The van der Waals surface area contributed by atoms with Crippen molar-refractivity contribution in [3.8, 4) is 5.75 Å². The maximum absolute atomic E-state index is 13.7. The van der Waals surface area contributed by atoms with Crippen molar-refractivity contribution in [1.29, 1.82) is 0 Å². The molecule has 1 aliphatic rings. The summed E-state index contributed by atoms with van der Waals surface area (Å²) in [6.45, 7) is 4.57. The van der Waals surface area contributed by atoms with Crippen molar-refractivity contribution in [1.82, 2.24) is 4.98 Å². The number of aliphatic hydroxyl groups is 1. The van der Waals surface area contributed by atoms with Crippen LogP contribution in [0.4, 0.5) is 5.69 Å². The lowest BCUT2D eigenvalue weighted by Gasteiger charge is -2.24. The van der Waals surface area contributed by atoms with Crippen LogP contribution in [-0.4, -0.2) is 29.1 Å². The third-order valence-corrected chi connectivity index (χ3v) is 5.97. The molecule has 1 amide bonds. The number of carbonyl (C=O) groups is 1. The number of hydrogen-bond donors (Lipinski definition) is 2. The quantitative estimate of drug-likeness (QED) is 0.509. The zero-order valence-electron chi connectivity index (χ0n) is 17.6. The van der Waals surface area contributed by atoms with Gasteiger partial charge in [-0.1, -0.05) is 48.5 Å². The van der Waals surface area contributed by atoms with Crippen LogP contribution in [0.25, 0.3) is 10.9 Å². The van der Waals surface area contributed by atoms with E-state index in [0.29, 0.717) is 30.0 Å². The largest absolute Gasteiger partial charge is 0.492 e. The summed E-state index contributed by atoms with van der Waals surface area (Å²) in [5.41, 5.74) is 2.98.